The van der Waals surface area contributed by atoms with Crippen LogP contribution >= 0.6 is 11.3 Å². The number of benzene rings is 2. The molecule has 0 unspecified atom stereocenters. The number of sulfonamides is 1. The van der Waals surface area contributed by atoms with Crippen LogP contribution < -0.4 is 9.54 Å². The Labute approximate surface area is 185 Å². The predicted octanol–water partition coefficient (Wildman–Crippen LogP) is 3.55. The highest BCUT2D eigenvalue weighted by atomic mass is 32.2. The van der Waals surface area contributed by atoms with Gasteiger partial charge in [-0.1, -0.05) is 30.2 Å². The Morgan fingerprint density at radius 1 is 1.16 bits per heavy atom. The van der Waals surface area contributed by atoms with Gasteiger partial charge >= 0.3 is 0 Å². The lowest BCUT2D eigenvalue weighted by Gasteiger charge is -2.23. The molecule has 4 rings (SSSR count). The van der Waals surface area contributed by atoms with E-state index in [4.69, 9.17) is 4.74 Å². The lowest BCUT2D eigenvalue weighted by molar-refractivity contribution is 0.0998. The van der Waals surface area contributed by atoms with Crippen LogP contribution in [0.4, 0.5) is 0 Å². The molecule has 1 heterocycles. The van der Waals surface area contributed by atoms with Gasteiger partial charge in [-0.25, -0.2) is 8.42 Å². The third-order valence-corrected chi connectivity index (χ3v) is 8.84. The summed E-state index contributed by atoms with van der Waals surface area (Å²) in [5.41, 5.74) is 1.21. The molecule has 0 aliphatic heterocycles. The van der Waals surface area contributed by atoms with E-state index in [9.17, 15) is 13.2 Å². The van der Waals surface area contributed by atoms with Gasteiger partial charge in [-0.3, -0.25) is 4.79 Å². The summed E-state index contributed by atoms with van der Waals surface area (Å²) in [6, 6.07) is 11.8. The van der Waals surface area contributed by atoms with Gasteiger partial charge in [0.2, 0.25) is 10.0 Å². The number of methoxy groups -OCH3 is 1. The van der Waals surface area contributed by atoms with Gasteiger partial charge in [0.05, 0.1) is 16.7 Å². The van der Waals surface area contributed by atoms with Crippen LogP contribution in [-0.4, -0.2) is 43.4 Å². The molecule has 0 N–H and O–H groups in total. The van der Waals surface area contributed by atoms with Crippen molar-refractivity contribution in [1.29, 1.82) is 0 Å². The molecule has 31 heavy (non-hydrogen) atoms. The Balaban J connectivity index is 1.62. The monoisotopic (exact) mass is 459 g/mol. The number of aryl methyl sites for hydroxylation is 1. The van der Waals surface area contributed by atoms with Crippen LogP contribution in [0.25, 0.3) is 10.2 Å². The van der Waals surface area contributed by atoms with Crippen molar-refractivity contribution in [2.24, 2.45) is 12.0 Å². The number of carbonyl (C=O) groups excluding carboxylic acids is 1. The van der Waals surface area contributed by atoms with E-state index in [-0.39, 0.29) is 10.9 Å². The molecule has 1 fully saturated rings. The van der Waals surface area contributed by atoms with E-state index in [0.717, 1.165) is 35.9 Å². The number of nitrogens with zero attached hydrogens (tertiary/aromatic N) is 3. The van der Waals surface area contributed by atoms with Crippen LogP contribution in [0.1, 0.15) is 36.0 Å². The summed E-state index contributed by atoms with van der Waals surface area (Å²) in [6.07, 6.45) is 3.89. The number of rotatable bonds is 5. The van der Waals surface area contributed by atoms with Crippen LogP contribution in [0.2, 0.25) is 0 Å². The Hall–Kier alpha value is -2.49. The largest absolute Gasteiger partial charge is 0.495 e. The summed E-state index contributed by atoms with van der Waals surface area (Å²) in [6.45, 7) is 0. The highest BCUT2D eigenvalue weighted by molar-refractivity contribution is 7.89. The smallest absolute Gasteiger partial charge is 0.279 e. The zero-order chi connectivity index (χ0) is 22.2. The maximum atomic E-state index is 12.9. The Kier molecular flexibility index (Phi) is 6.00. The molecule has 7 nitrogen and oxygen atoms in total. The maximum Gasteiger partial charge on any atom is 0.279 e. The second-order valence-corrected chi connectivity index (χ2v) is 10.7. The van der Waals surface area contributed by atoms with Gasteiger partial charge in [0.25, 0.3) is 5.91 Å². The Bertz CT molecular complexity index is 1280. The van der Waals surface area contributed by atoms with Gasteiger partial charge in [-0.15, -0.1) is 0 Å². The second-order valence-electron chi connectivity index (χ2n) is 7.65. The highest BCUT2D eigenvalue weighted by Crippen LogP contribution is 2.28. The quantitative estimate of drug-likeness (QED) is 0.584. The molecular formula is C22H25N3O4S2. The number of thiazole rings is 1. The molecule has 3 aromatic rings. The van der Waals surface area contributed by atoms with E-state index in [1.807, 2.05) is 29.8 Å². The van der Waals surface area contributed by atoms with Crippen molar-refractivity contribution in [3.8, 4) is 5.75 Å². The van der Waals surface area contributed by atoms with Crippen LogP contribution in [-0.2, 0) is 17.1 Å². The summed E-state index contributed by atoms with van der Waals surface area (Å²) in [4.78, 5) is 17.7. The molecule has 0 radical (unpaired) electrons. The van der Waals surface area contributed by atoms with Crippen molar-refractivity contribution in [2.75, 3.05) is 14.2 Å². The zero-order valence-corrected chi connectivity index (χ0v) is 19.4. The van der Waals surface area contributed by atoms with Crippen molar-refractivity contribution < 1.29 is 17.9 Å². The van der Waals surface area contributed by atoms with Crippen LogP contribution in [0.3, 0.4) is 0 Å². The van der Waals surface area contributed by atoms with Crippen molar-refractivity contribution in [3.63, 3.8) is 0 Å². The molecule has 0 saturated heterocycles. The van der Waals surface area contributed by atoms with Gasteiger partial charge in [0, 0.05) is 25.7 Å². The number of ether oxygens (including phenoxy) is 1. The fourth-order valence-electron chi connectivity index (χ4n) is 3.99. The number of amides is 1. The number of para-hydroxylation sites is 1. The predicted molar refractivity (Wildman–Crippen MR) is 121 cm³/mol. The number of aromatic nitrogens is 1. The van der Waals surface area contributed by atoms with E-state index < -0.39 is 15.9 Å². The van der Waals surface area contributed by atoms with Crippen molar-refractivity contribution >= 4 is 37.5 Å². The molecule has 1 aliphatic rings. The van der Waals surface area contributed by atoms with Crippen LogP contribution in [0.15, 0.2) is 52.4 Å². The first-order chi connectivity index (χ1) is 14.8. The summed E-state index contributed by atoms with van der Waals surface area (Å²) >= 11 is 1.39. The molecular weight excluding hydrogens is 434 g/mol. The van der Waals surface area contributed by atoms with Gasteiger partial charge in [-0.05, 0) is 49.2 Å². The highest BCUT2D eigenvalue weighted by Gasteiger charge is 2.30. The maximum absolute atomic E-state index is 12.9. The van der Waals surface area contributed by atoms with Gasteiger partial charge < -0.3 is 9.30 Å². The SMILES string of the molecule is COc1cccc2sc(=NC(=O)c3ccc(S(=O)(=O)N(C)C4CCCC4)cc3)n(C)c12. The van der Waals surface area contributed by atoms with Crippen molar-refractivity contribution in [2.45, 2.75) is 36.6 Å². The van der Waals surface area contributed by atoms with E-state index in [1.165, 1.54) is 39.9 Å². The minimum atomic E-state index is -3.58. The summed E-state index contributed by atoms with van der Waals surface area (Å²) < 4.78 is 35.5. The molecule has 164 valence electrons. The summed E-state index contributed by atoms with van der Waals surface area (Å²) in [5.74, 6) is 0.292. The zero-order valence-electron chi connectivity index (χ0n) is 17.7. The molecule has 9 heteroatoms. The molecule has 1 amide bonds. The Morgan fingerprint density at radius 2 is 1.84 bits per heavy atom. The fraction of sp³-hybridized carbons (Fsp3) is 0.364. The molecule has 0 spiro atoms. The standard InChI is InChI=1S/C22H25N3O4S2/c1-24-20-18(29-3)9-6-10-19(20)30-22(24)23-21(26)15-11-13-17(14-12-15)31(27,28)25(2)16-7-4-5-8-16/h6,9-14,16H,4-5,7-8H2,1-3H3. The lowest BCUT2D eigenvalue weighted by Crippen LogP contribution is -2.35. The average molecular weight is 460 g/mol. The first kappa shape index (κ1) is 21.7. The molecule has 1 aliphatic carbocycles. The Morgan fingerprint density at radius 3 is 2.48 bits per heavy atom. The lowest BCUT2D eigenvalue weighted by atomic mass is 10.2. The molecule has 1 aromatic heterocycles. The average Bonchev–Trinajstić information content (AvgIpc) is 3.42. The number of hydrogen-bond acceptors (Lipinski definition) is 5. The van der Waals surface area contributed by atoms with Gasteiger partial charge in [0.1, 0.15) is 11.3 Å². The van der Waals surface area contributed by atoms with Crippen molar-refractivity contribution in [1.82, 2.24) is 8.87 Å². The summed E-state index contributed by atoms with van der Waals surface area (Å²) in [7, 11) is 1.49. The minimum absolute atomic E-state index is 0.0475. The summed E-state index contributed by atoms with van der Waals surface area (Å²) in [5, 5.41) is 0. The fourth-order valence-corrected chi connectivity index (χ4v) is 6.44. The number of carbonyl (C=O) groups is 1. The van der Waals surface area contributed by atoms with Gasteiger partial charge in [0.15, 0.2) is 4.80 Å². The van der Waals surface area contributed by atoms with Gasteiger partial charge in [-0.2, -0.15) is 9.30 Å². The first-order valence-electron chi connectivity index (χ1n) is 10.1. The molecule has 0 bridgehead atoms. The molecule has 0 atom stereocenters. The second kappa shape index (κ2) is 8.57. The van der Waals surface area contributed by atoms with Crippen LogP contribution in [0.5, 0.6) is 5.75 Å². The van der Waals surface area contributed by atoms with Crippen LogP contribution in [0, 0.1) is 0 Å². The molecule has 2 aromatic carbocycles. The van der Waals surface area contributed by atoms with E-state index in [2.05, 4.69) is 4.99 Å². The number of fused-ring (bicyclic) bond motifs is 1. The third-order valence-electron chi connectivity index (χ3n) is 5.82. The third kappa shape index (κ3) is 4.05. The topological polar surface area (TPSA) is 81.0 Å². The van der Waals surface area contributed by atoms with E-state index in [0.29, 0.717) is 16.1 Å². The number of hydrogen-bond donors (Lipinski definition) is 0. The van der Waals surface area contributed by atoms with E-state index >= 15 is 0 Å². The minimum Gasteiger partial charge on any atom is -0.495 e. The first-order valence-corrected chi connectivity index (χ1v) is 12.4. The normalized spacial score (nSPS) is 15.8. The molecule has 1 saturated carbocycles. The van der Waals surface area contributed by atoms with E-state index in [1.54, 1.807) is 14.2 Å². The van der Waals surface area contributed by atoms with Crippen molar-refractivity contribution in [3.05, 3.63) is 52.8 Å².